The highest BCUT2D eigenvalue weighted by Gasteiger charge is 2.32. The summed E-state index contributed by atoms with van der Waals surface area (Å²) in [4.78, 5) is 0. The van der Waals surface area contributed by atoms with Crippen molar-refractivity contribution in [3.63, 3.8) is 0 Å². The third kappa shape index (κ3) is 2.88. The lowest BCUT2D eigenvalue weighted by molar-refractivity contribution is -0.274. The fourth-order valence-electron chi connectivity index (χ4n) is 0.838. The fourth-order valence-corrected chi connectivity index (χ4v) is 0.838. The van der Waals surface area contributed by atoms with Crippen molar-refractivity contribution in [1.82, 2.24) is 0 Å². The molecular weight excluding hydrogens is 204 g/mol. The van der Waals surface area contributed by atoms with E-state index >= 15 is 0 Å². The summed E-state index contributed by atoms with van der Waals surface area (Å²) in [5, 5.41) is 8.50. The zero-order chi connectivity index (χ0) is 10.8. The van der Waals surface area contributed by atoms with Gasteiger partial charge in [-0.1, -0.05) is 0 Å². The van der Waals surface area contributed by atoms with Crippen molar-refractivity contribution in [1.29, 1.82) is 0 Å². The molecule has 0 amide bonds. The Morgan fingerprint density at radius 2 is 1.93 bits per heavy atom. The average molecular weight is 209 g/mol. The quantitative estimate of drug-likeness (QED) is 0.758. The number of hydrogen-bond donors (Lipinski definition) is 1. The minimum absolute atomic E-state index is 0.337. The van der Waals surface area contributed by atoms with Gasteiger partial charge in [-0.2, -0.15) is 0 Å². The van der Waals surface area contributed by atoms with Crippen LogP contribution < -0.4 is 4.74 Å². The molecule has 0 fully saturated rings. The van der Waals surface area contributed by atoms with E-state index in [2.05, 4.69) is 4.74 Å². The first-order valence-corrected chi connectivity index (χ1v) is 3.45. The highest BCUT2D eigenvalue weighted by Crippen LogP contribution is 2.27. The van der Waals surface area contributed by atoms with Gasteiger partial charge in [-0.05, 0) is 18.2 Å². The Hall–Kier alpha value is -1.30. The van der Waals surface area contributed by atoms with E-state index in [-0.39, 0.29) is 5.56 Å². The smallest absolute Gasteiger partial charge is 0.405 e. The largest absolute Gasteiger partial charge is 0.573 e. The molecule has 0 saturated heterocycles. The van der Waals surface area contributed by atoms with Crippen LogP contribution in [0, 0.1) is 12.4 Å². The van der Waals surface area contributed by atoms with Crippen molar-refractivity contribution in [3.8, 4) is 5.75 Å². The third-order valence-electron chi connectivity index (χ3n) is 1.34. The van der Waals surface area contributed by atoms with E-state index in [0.717, 1.165) is 18.2 Å². The van der Waals surface area contributed by atoms with E-state index in [1.165, 1.54) is 0 Å². The summed E-state index contributed by atoms with van der Waals surface area (Å²) < 4.78 is 51.3. The normalized spacial score (nSPS) is 11.5. The first-order chi connectivity index (χ1) is 6.42. The van der Waals surface area contributed by atoms with Crippen molar-refractivity contribution < 1.29 is 27.4 Å². The van der Waals surface area contributed by atoms with Gasteiger partial charge in [-0.3, -0.25) is 0 Å². The second-order valence-corrected chi connectivity index (χ2v) is 2.36. The van der Waals surface area contributed by atoms with E-state index in [9.17, 15) is 17.6 Å². The van der Waals surface area contributed by atoms with E-state index in [1.54, 1.807) is 0 Å². The van der Waals surface area contributed by atoms with Gasteiger partial charge in [-0.25, -0.2) is 4.39 Å². The Kier molecular flexibility index (Phi) is 2.95. The zero-order valence-electron chi connectivity index (χ0n) is 6.68. The molecule has 1 rings (SSSR count). The number of halogens is 4. The fraction of sp³-hybridized carbons (Fsp3) is 0.125. The third-order valence-corrected chi connectivity index (χ3v) is 1.34. The Bertz CT molecular complexity index is 322. The first kappa shape index (κ1) is 10.8. The van der Waals surface area contributed by atoms with Crippen LogP contribution in [-0.2, 0) is 0 Å². The Morgan fingerprint density at radius 1 is 1.29 bits per heavy atom. The van der Waals surface area contributed by atoms with Crippen molar-refractivity contribution in [3.05, 3.63) is 36.2 Å². The lowest BCUT2D eigenvalue weighted by Crippen LogP contribution is -2.18. The van der Waals surface area contributed by atoms with Crippen LogP contribution in [-0.4, -0.2) is 11.5 Å². The van der Waals surface area contributed by atoms with Crippen LogP contribution in [0.3, 0.4) is 0 Å². The minimum atomic E-state index is -4.87. The molecule has 14 heavy (non-hydrogen) atoms. The van der Waals surface area contributed by atoms with E-state index in [4.69, 9.17) is 5.11 Å². The predicted octanol–water partition coefficient (Wildman–Crippen LogP) is 2.61. The highest BCUT2D eigenvalue weighted by molar-refractivity contribution is 5.37. The number of rotatable bonds is 2. The lowest BCUT2D eigenvalue weighted by atomic mass is 10.2. The molecule has 0 aromatic heterocycles. The molecule has 0 bridgehead atoms. The zero-order valence-corrected chi connectivity index (χ0v) is 6.68. The molecule has 0 unspecified atom stereocenters. The predicted molar refractivity (Wildman–Crippen MR) is 38.4 cm³/mol. The van der Waals surface area contributed by atoms with Crippen LogP contribution >= 0.6 is 0 Å². The minimum Gasteiger partial charge on any atom is -0.405 e. The molecular formula is C8H5F4O2. The van der Waals surface area contributed by atoms with Gasteiger partial charge in [0.1, 0.15) is 18.2 Å². The SMILES string of the molecule is O[CH]c1cc(F)ccc1OC(F)(F)F. The van der Waals surface area contributed by atoms with Gasteiger partial charge < -0.3 is 9.84 Å². The van der Waals surface area contributed by atoms with Gasteiger partial charge in [0.25, 0.3) is 0 Å². The molecule has 1 radical (unpaired) electrons. The number of alkyl halides is 3. The van der Waals surface area contributed by atoms with Crippen molar-refractivity contribution in [2.75, 3.05) is 0 Å². The number of ether oxygens (including phenoxy) is 1. The van der Waals surface area contributed by atoms with Crippen LogP contribution in [0.5, 0.6) is 5.75 Å². The molecule has 1 N–H and O–H groups in total. The number of hydrogen-bond acceptors (Lipinski definition) is 2. The van der Waals surface area contributed by atoms with Crippen molar-refractivity contribution >= 4 is 0 Å². The molecule has 0 aliphatic heterocycles. The molecule has 0 spiro atoms. The van der Waals surface area contributed by atoms with Crippen LogP contribution in [0.1, 0.15) is 5.56 Å². The topological polar surface area (TPSA) is 29.5 Å². The summed E-state index contributed by atoms with van der Waals surface area (Å²) in [5.41, 5.74) is -0.373. The first-order valence-electron chi connectivity index (χ1n) is 3.45. The molecule has 0 saturated carbocycles. The Balaban J connectivity index is 2.97. The maximum absolute atomic E-state index is 12.5. The summed E-state index contributed by atoms with van der Waals surface area (Å²) in [6.45, 7) is 0.337. The molecule has 0 aliphatic rings. The molecule has 77 valence electrons. The second kappa shape index (κ2) is 3.83. The van der Waals surface area contributed by atoms with Crippen LogP contribution in [0.4, 0.5) is 17.6 Å². The van der Waals surface area contributed by atoms with Crippen LogP contribution in [0.15, 0.2) is 18.2 Å². The van der Waals surface area contributed by atoms with E-state index < -0.39 is 17.9 Å². The molecule has 0 heterocycles. The van der Waals surface area contributed by atoms with Gasteiger partial charge in [0.2, 0.25) is 0 Å². The monoisotopic (exact) mass is 209 g/mol. The van der Waals surface area contributed by atoms with Gasteiger partial charge in [-0.15, -0.1) is 13.2 Å². The molecule has 0 aliphatic carbocycles. The summed E-state index contributed by atoms with van der Waals surface area (Å²) in [6.07, 6.45) is -4.87. The van der Waals surface area contributed by atoms with E-state index in [1.807, 2.05) is 0 Å². The molecule has 6 heteroatoms. The van der Waals surface area contributed by atoms with Crippen LogP contribution in [0.25, 0.3) is 0 Å². The molecule has 0 atom stereocenters. The van der Waals surface area contributed by atoms with Crippen molar-refractivity contribution in [2.45, 2.75) is 6.36 Å². The van der Waals surface area contributed by atoms with Gasteiger partial charge in [0.05, 0.1) is 0 Å². The number of benzene rings is 1. The highest BCUT2D eigenvalue weighted by atomic mass is 19.4. The van der Waals surface area contributed by atoms with Gasteiger partial charge in [0, 0.05) is 5.56 Å². The average Bonchev–Trinajstić information content (AvgIpc) is 2.06. The van der Waals surface area contributed by atoms with Crippen molar-refractivity contribution in [2.24, 2.45) is 0 Å². The van der Waals surface area contributed by atoms with Gasteiger partial charge >= 0.3 is 6.36 Å². The summed E-state index contributed by atoms with van der Waals surface area (Å²) >= 11 is 0. The van der Waals surface area contributed by atoms with E-state index in [0.29, 0.717) is 6.61 Å². The second-order valence-electron chi connectivity index (χ2n) is 2.36. The summed E-state index contributed by atoms with van der Waals surface area (Å²) in [5.74, 6) is -1.42. The lowest BCUT2D eigenvalue weighted by Gasteiger charge is -2.11. The summed E-state index contributed by atoms with van der Waals surface area (Å²) in [7, 11) is 0. The van der Waals surface area contributed by atoms with Gasteiger partial charge in [0.15, 0.2) is 0 Å². The number of aliphatic hydroxyl groups excluding tert-OH is 1. The maximum Gasteiger partial charge on any atom is 0.573 e. The molecule has 2 nitrogen and oxygen atoms in total. The standard InChI is InChI=1S/C8H5F4O2/c9-6-1-2-7(5(3-6)4-13)14-8(10,11)12/h1-4,13H. The molecule has 1 aromatic rings. The number of aliphatic hydroxyl groups is 1. The summed E-state index contributed by atoms with van der Waals surface area (Å²) in [6, 6.07) is 2.31. The molecule has 1 aromatic carbocycles. The Morgan fingerprint density at radius 3 is 2.43 bits per heavy atom. The maximum atomic E-state index is 12.5. The van der Waals surface area contributed by atoms with Crippen LogP contribution in [0.2, 0.25) is 0 Å². The Labute approximate surface area is 76.7 Å².